The molecule has 0 saturated heterocycles. The van der Waals surface area contributed by atoms with E-state index >= 15 is 0 Å². The first-order valence-electron chi connectivity index (χ1n) is 1.91. The molecule has 0 heteroatoms. The molecule has 0 fully saturated rings. The first-order chi connectivity index (χ1) is 2.39. The Hall–Kier alpha value is -0.260. The topological polar surface area (TPSA) is 0 Å². The van der Waals surface area contributed by atoms with Crippen LogP contribution in [-0.4, -0.2) is 0 Å². The average molecular weight is 67.1 g/mol. The van der Waals surface area contributed by atoms with E-state index in [1.807, 2.05) is 0 Å². The maximum absolute atomic E-state index is 2.17. The Morgan fingerprint density at radius 1 is 1.60 bits per heavy atom. The number of hydrogen-bond donors (Lipinski definition) is 0. The Labute approximate surface area is 32.5 Å². The molecule has 0 saturated carbocycles. The van der Waals surface area contributed by atoms with Gasteiger partial charge in [-0.1, -0.05) is 19.1 Å². The smallest absolute Gasteiger partial charge is 0.0105 e. The van der Waals surface area contributed by atoms with Crippen LogP contribution in [0.4, 0.5) is 0 Å². The molecule has 5 heavy (non-hydrogen) atoms. The van der Waals surface area contributed by atoms with Crippen molar-refractivity contribution in [1.82, 2.24) is 0 Å². The van der Waals surface area contributed by atoms with Gasteiger partial charge in [-0.15, -0.1) is 0 Å². The molecule has 1 aliphatic rings. The monoisotopic (exact) mass is 67.1 g/mol. The van der Waals surface area contributed by atoms with Gasteiger partial charge in [0.15, 0.2) is 0 Å². The van der Waals surface area contributed by atoms with E-state index in [9.17, 15) is 0 Å². The number of allylic oxidation sites excluding steroid dienone is 2. The molecule has 0 aromatic rings. The summed E-state index contributed by atoms with van der Waals surface area (Å²) in [5.74, 6) is 0.759. The molecule has 0 heterocycles. The third kappa shape index (κ3) is 0.344. The van der Waals surface area contributed by atoms with Crippen LogP contribution in [0.1, 0.15) is 6.92 Å². The molecule has 1 aliphatic carbocycles. The van der Waals surface area contributed by atoms with Gasteiger partial charge in [-0.3, -0.25) is 0 Å². The van der Waals surface area contributed by atoms with Crippen molar-refractivity contribution < 1.29 is 0 Å². The van der Waals surface area contributed by atoms with Gasteiger partial charge < -0.3 is 0 Å². The molecule has 0 bridgehead atoms. The third-order valence-electron chi connectivity index (χ3n) is 0.829. The largest absolute Gasteiger partial charge is 0.0848 e. The molecule has 0 amide bonds. The zero-order valence-electron chi connectivity index (χ0n) is 3.31. The summed E-state index contributed by atoms with van der Waals surface area (Å²) in [6.45, 7) is 2.17. The minimum Gasteiger partial charge on any atom is -0.0848 e. The molecular formula is C5H7. The zero-order chi connectivity index (χ0) is 3.70. The molecule has 1 rings (SSSR count). The summed E-state index contributed by atoms with van der Waals surface area (Å²) in [5.41, 5.74) is 0. The van der Waals surface area contributed by atoms with Crippen LogP contribution >= 0.6 is 0 Å². The lowest BCUT2D eigenvalue weighted by atomic mass is 9.98. The van der Waals surface area contributed by atoms with Gasteiger partial charge in [0.05, 0.1) is 0 Å². The summed E-state index contributed by atoms with van der Waals surface area (Å²) in [4.78, 5) is 0. The first kappa shape index (κ1) is 2.95. The summed E-state index contributed by atoms with van der Waals surface area (Å²) >= 11 is 0. The molecule has 0 spiro atoms. The van der Waals surface area contributed by atoms with Crippen molar-refractivity contribution in [3.05, 3.63) is 18.6 Å². The summed E-state index contributed by atoms with van der Waals surface area (Å²) < 4.78 is 0. The zero-order valence-corrected chi connectivity index (χ0v) is 3.31. The van der Waals surface area contributed by atoms with Crippen LogP contribution in [0.2, 0.25) is 0 Å². The van der Waals surface area contributed by atoms with Crippen LogP contribution < -0.4 is 0 Å². The Morgan fingerprint density at radius 2 is 2.00 bits per heavy atom. The molecule has 27 valence electrons. The lowest BCUT2D eigenvalue weighted by molar-refractivity contribution is 0.830. The number of hydrogen-bond acceptors (Lipinski definition) is 0. The fourth-order valence-electron chi connectivity index (χ4n) is 0.333. The normalized spacial score (nSPS) is 33.4. The quantitative estimate of drug-likeness (QED) is 0.401. The van der Waals surface area contributed by atoms with Crippen molar-refractivity contribution in [2.45, 2.75) is 6.92 Å². The van der Waals surface area contributed by atoms with E-state index in [2.05, 4.69) is 25.5 Å². The van der Waals surface area contributed by atoms with Crippen LogP contribution in [0.3, 0.4) is 0 Å². The predicted molar refractivity (Wildman–Crippen MR) is 22.6 cm³/mol. The molecular weight excluding hydrogens is 60.1 g/mol. The molecule has 1 atom stereocenters. The van der Waals surface area contributed by atoms with Crippen molar-refractivity contribution >= 4 is 0 Å². The molecule has 0 aromatic carbocycles. The predicted octanol–water partition coefficient (Wildman–Crippen LogP) is 1.40. The Morgan fingerprint density at radius 3 is 2.00 bits per heavy atom. The van der Waals surface area contributed by atoms with Gasteiger partial charge in [0.2, 0.25) is 0 Å². The Kier molecular flexibility index (Phi) is 0.503. The average Bonchev–Trinajstić information content (AvgIpc) is 1.30. The van der Waals surface area contributed by atoms with E-state index in [4.69, 9.17) is 0 Å². The number of rotatable bonds is 0. The van der Waals surface area contributed by atoms with Gasteiger partial charge in [-0.2, -0.15) is 0 Å². The highest BCUT2D eigenvalue weighted by molar-refractivity contribution is 5.14. The van der Waals surface area contributed by atoms with E-state index in [0.717, 1.165) is 5.92 Å². The lowest BCUT2D eigenvalue weighted by Gasteiger charge is -2.07. The van der Waals surface area contributed by atoms with Crippen LogP contribution in [0.5, 0.6) is 0 Å². The van der Waals surface area contributed by atoms with Crippen molar-refractivity contribution in [3.63, 3.8) is 0 Å². The SMILES string of the molecule is CC1[CH]C=C1. The van der Waals surface area contributed by atoms with Crippen LogP contribution in [0, 0.1) is 12.3 Å². The second-order valence-corrected chi connectivity index (χ2v) is 1.44. The van der Waals surface area contributed by atoms with E-state index < -0.39 is 0 Å². The van der Waals surface area contributed by atoms with Gasteiger partial charge in [-0.05, 0) is 12.3 Å². The highest BCUT2D eigenvalue weighted by Gasteiger charge is 1.99. The van der Waals surface area contributed by atoms with E-state index in [1.54, 1.807) is 0 Å². The van der Waals surface area contributed by atoms with Crippen molar-refractivity contribution in [3.8, 4) is 0 Å². The lowest BCUT2D eigenvalue weighted by Crippen LogP contribution is -1.95. The molecule has 0 aromatic heterocycles. The highest BCUT2D eigenvalue weighted by atomic mass is 14.0. The van der Waals surface area contributed by atoms with E-state index in [-0.39, 0.29) is 0 Å². The van der Waals surface area contributed by atoms with E-state index in [1.165, 1.54) is 0 Å². The minimum absolute atomic E-state index is 0.759. The third-order valence-corrected chi connectivity index (χ3v) is 0.829. The fraction of sp³-hybridized carbons (Fsp3) is 0.400. The maximum Gasteiger partial charge on any atom is -0.0105 e. The standard InChI is InChI=1S/C5H7/c1-5-3-2-4-5/h2-5H,1H3. The molecule has 0 N–H and O–H groups in total. The van der Waals surface area contributed by atoms with Gasteiger partial charge in [-0.25, -0.2) is 0 Å². The summed E-state index contributed by atoms with van der Waals surface area (Å²) in [6, 6.07) is 0. The van der Waals surface area contributed by atoms with Crippen molar-refractivity contribution in [2.24, 2.45) is 5.92 Å². The molecule has 1 unspecified atom stereocenters. The molecule has 0 nitrogen and oxygen atoms in total. The van der Waals surface area contributed by atoms with Gasteiger partial charge in [0.1, 0.15) is 0 Å². The van der Waals surface area contributed by atoms with Crippen LogP contribution in [0.15, 0.2) is 12.2 Å². The van der Waals surface area contributed by atoms with Crippen molar-refractivity contribution in [1.29, 1.82) is 0 Å². The summed E-state index contributed by atoms with van der Waals surface area (Å²) in [7, 11) is 0. The Bertz CT molecular complexity index is 53.1. The fourth-order valence-corrected chi connectivity index (χ4v) is 0.333. The molecule has 0 aliphatic heterocycles. The maximum atomic E-state index is 2.17. The van der Waals surface area contributed by atoms with Crippen molar-refractivity contribution in [2.75, 3.05) is 0 Å². The summed E-state index contributed by atoms with van der Waals surface area (Å²) in [6.07, 6.45) is 6.41. The highest BCUT2D eigenvalue weighted by Crippen LogP contribution is 2.11. The van der Waals surface area contributed by atoms with Gasteiger partial charge in [0.25, 0.3) is 0 Å². The van der Waals surface area contributed by atoms with E-state index in [0.29, 0.717) is 0 Å². The van der Waals surface area contributed by atoms with Crippen LogP contribution in [0.25, 0.3) is 0 Å². The second kappa shape index (κ2) is 0.852. The minimum atomic E-state index is 0.759. The van der Waals surface area contributed by atoms with Crippen LogP contribution in [-0.2, 0) is 0 Å². The Balaban J connectivity index is 2.39. The summed E-state index contributed by atoms with van der Waals surface area (Å²) in [5, 5.41) is 0. The second-order valence-electron chi connectivity index (χ2n) is 1.44. The van der Waals surface area contributed by atoms with Gasteiger partial charge in [0, 0.05) is 0 Å². The first-order valence-corrected chi connectivity index (χ1v) is 1.91. The van der Waals surface area contributed by atoms with Gasteiger partial charge >= 0.3 is 0 Å². The molecule has 1 radical (unpaired) electrons.